The van der Waals surface area contributed by atoms with Crippen LogP contribution in [-0.4, -0.2) is 23.7 Å². The molecular formula is C6H7F2N3O2. The average molecular weight is 191 g/mol. The first kappa shape index (κ1) is 9.43. The second kappa shape index (κ2) is 3.83. The van der Waals surface area contributed by atoms with Gasteiger partial charge in [-0.05, 0) is 0 Å². The summed E-state index contributed by atoms with van der Waals surface area (Å²) < 4.78 is 32.1. The molecule has 0 fully saturated rings. The number of hydrogen-bond donors (Lipinski definition) is 1. The molecule has 0 saturated carbocycles. The van der Waals surface area contributed by atoms with E-state index >= 15 is 0 Å². The van der Waals surface area contributed by atoms with Gasteiger partial charge in [-0.3, -0.25) is 0 Å². The maximum Gasteiger partial charge on any atom is 0.388 e. The molecule has 1 rings (SSSR count). The normalized spacial score (nSPS) is 10.2. The Balaban J connectivity index is 2.88. The fourth-order valence-corrected chi connectivity index (χ4v) is 0.677. The van der Waals surface area contributed by atoms with Gasteiger partial charge in [-0.25, -0.2) is 0 Å². The van der Waals surface area contributed by atoms with Crippen LogP contribution in [0.5, 0.6) is 11.8 Å². The van der Waals surface area contributed by atoms with Gasteiger partial charge < -0.3 is 15.2 Å². The Kier molecular flexibility index (Phi) is 2.78. The fourth-order valence-electron chi connectivity index (χ4n) is 0.677. The smallest absolute Gasteiger partial charge is 0.388 e. The van der Waals surface area contributed by atoms with Crippen molar-refractivity contribution in [3.8, 4) is 11.8 Å². The predicted molar refractivity (Wildman–Crippen MR) is 39.6 cm³/mol. The monoisotopic (exact) mass is 191 g/mol. The molecule has 7 heteroatoms. The molecule has 0 bridgehead atoms. The topological polar surface area (TPSA) is 70.3 Å². The number of ether oxygens (including phenoxy) is 2. The lowest BCUT2D eigenvalue weighted by Gasteiger charge is -2.05. The summed E-state index contributed by atoms with van der Waals surface area (Å²) in [6.45, 7) is -2.95. The molecule has 0 aromatic carbocycles. The minimum atomic E-state index is -2.95. The van der Waals surface area contributed by atoms with Crippen LogP contribution in [0, 0.1) is 0 Å². The third-order valence-electron chi connectivity index (χ3n) is 1.12. The van der Waals surface area contributed by atoms with Gasteiger partial charge in [0.25, 0.3) is 0 Å². The molecule has 72 valence electrons. The van der Waals surface area contributed by atoms with Crippen molar-refractivity contribution in [1.29, 1.82) is 0 Å². The molecule has 1 aromatic rings. The van der Waals surface area contributed by atoms with Crippen molar-refractivity contribution in [2.45, 2.75) is 6.61 Å². The minimum absolute atomic E-state index is 0.0724. The summed E-state index contributed by atoms with van der Waals surface area (Å²) in [7, 11) is 1.33. The first-order chi connectivity index (χ1) is 6.11. The molecule has 0 amide bonds. The maximum absolute atomic E-state index is 11.7. The molecule has 0 aliphatic rings. The SMILES string of the molecule is COc1cc(OC(F)F)nc(N)n1. The van der Waals surface area contributed by atoms with Crippen LogP contribution < -0.4 is 15.2 Å². The van der Waals surface area contributed by atoms with E-state index in [2.05, 4.69) is 19.4 Å². The predicted octanol–water partition coefficient (Wildman–Crippen LogP) is 0.669. The van der Waals surface area contributed by atoms with Gasteiger partial charge in [0.15, 0.2) is 0 Å². The van der Waals surface area contributed by atoms with E-state index in [-0.39, 0.29) is 17.7 Å². The molecule has 0 aliphatic carbocycles. The van der Waals surface area contributed by atoms with Crippen molar-refractivity contribution >= 4 is 5.95 Å². The Morgan fingerprint density at radius 1 is 1.38 bits per heavy atom. The minimum Gasteiger partial charge on any atom is -0.481 e. The van der Waals surface area contributed by atoms with Crippen LogP contribution in [0.25, 0.3) is 0 Å². The van der Waals surface area contributed by atoms with E-state index in [1.165, 1.54) is 7.11 Å². The first-order valence-corrected chi connectivity index (χ1v) is 3.25. The largest absolute Gasteiger partial charge is 0.481 e. The van der Waals surface area contributed by atoms with E-state index < -0.39 is 6.61 Å². The van der Waals surface area contributed by atoms with Crippen molar-refractivity contribution < 1.29 is 18.3 Å². The van der Waals surface area contributed by atoms with Crippen molar-refractivity contribution in [3.05, 3.63) is 6.07 Å². The van der Waals surface area contributed by atoms with E-state index in [0.717, 1.165) is 6.07 Å². The van der Waals surface area contributed by atoms with Crippen molar-refractivity contribution in [3.63, 3.8) is 0 Å². The number of nitrogens with two attached hydrogens (primary N) is 1. The zero-order valence-electron chi connectivity index (χ0n) is 6.70. The van der Waals surface area contributed by atoms with Crippen LogP contribution in [0.3, 0.4) is 0 Å². The number of hydrogen-bond acceptors (Lipinski definition) is 5. The first-order valence-electron chi connectivity index (χ1n) is 3.25. The average Bonchev–Trinajstić information content (AvgIpc) is 2.01. The van der Waals surface area contributed by atoms with Gasteiger partial charge in [-0.15, -0.1) is 0 Å². The number of methoxy groups -OCH3 is 1. The number of halogens is 2. The zero-order chi connectivity index (χ0) is 9.84. The van der Waals surface area contributed by atoms with Crippen LogP contribution in [0.2, 0.25) is 0 Å². The maximum atomic E-state index is 11.7. The Morgan fingerprint density at radius 3 is 2.54 bits per heavy atom. The number of alkyl halides is 2. The summed E-state index contributed by atoms with van der Waals surface area (Å²) in [6, 6.07) is 1.11. The highest BCUT2D eigenvalue weighted by atomic mass is 19.3. The van der Waals surface area contributed by atoms with E-state index in [4.69, 9.17) is 5.73 Å². The lowest BCUT2D eigenvalue weighted by atomic mass is 10.6. The van der Waals surface area contributed by atoms with Crippen LogP contribution in [0.1, 0.15) is 0 Å². The van der Waals surface area contributed by atoms with Gasteiger partial charge in [0.05, 0.1) is 13.2 Å². The third-order valence-corrected chi connectivity index (χ3v) is 1.12. The number of nitrogens with zero attached hydrogens (tertiary/aromatic N) is 2. The van der Waals surface area contributed by atoms with Crippen LogP contribution in [0.4, 0.5) is 14.7 Å². The fraction of sp³-hybridized carbons (Fsp3) is 0.333. The number of aromatic nitrogens is 2. The van der Waals surface area contributed by atoms with Gasteiger partial charge in [-0.2, -0.15) is 18.7 Å². The molecule has 0 unspecified atom stereocenters. The molecule has 0 aliphatic heterocycles. The molecule has 2 N–H and O–H groups in total. The molecule has 13 heavy (non-hydrogen) atoms. The van der Waals surface area contributed by atoms with E-state index in [1.54, 1.807) is 0 Å². The second-order valence-electron chi connectivity index (χ2n) is 1.99. The van der Waals surface area contributed by atoms with E-state index in [9.17, 15) is 8.78 Å². The van der Waals surface area contributed by atoms with Crippen LogP contribution in [0.15, 0.2) is 6.07 Å². The highest BCUT2D eigenvalue weighted by Crippen LogP contribution is 2.17. The lowest BCUT2D eigenvalue weighted by molar-refractivity contribution is -0.0529. The highest BCUT2D eigenvalue weighted by molar-refractivity contribution is 5.29. The van der Waals surface area contributed by atoms with Gasteiger partial charge >= 0.3 is 6.61 Å². The molecule has 0 radical (unpaired) electrons. The Hall–Kier alpha value is -1.66. The number of anilines is 1. The summed E-state index contributed by atoms with van der Waals surface area (Å²) in [5, 5.41) is 0. The summed E-state index contributed by atoms with van der Waals surface area (Å²) in [5.41, 5.74) is 5.18. The van der Waals surface area contributed by atoms with Crippen LogP contribution >= 0.6 is 0 Å². The Bertz CT molecular complexity index is 295. The summed E-state index contributed by atoms with van der Waals surface area (Å²) in [5.74, 6) is -0.433. The van der Waals surface area contributed by atoms with Gasteiger partial charge in [-0.1, -0.05) is 0 Å². The lowest BCUT2D eigenvalue weighted by Crippen LogP contribution is -2.06. The summed E-state index contributed by atoms with van der Waals surface area (Å²) in [6.07, 6.45) is 0. The van der Waals surface area contributed by atoms with Crippen molar-refractivity contribution in [2.75, 3.05) is 12.8 Å². The molecule has 1 aromatic heterocycles. The third kappa shape index (κ3) is 2.69. The summed E-state index contributed by atoms with van der Waals surface area (Å²) >= 11 is 0. The molecular weight excluding hydrogens is 184 g/mol. The van der Waals surface area contributed by atoms with E-state index in [0.29, 0.717) is 0 Å². The number of nitrogen functional groups attached to an aromatic ring is 1. The zero-order valence-corrected chi connectivity index (χ0v) is 6.70. The molecule has 0 spiro atoms. The van der Waals surface area contributed by atoms with Gasteiger partial charge in [0, 0.05) is 0 Å². The standard InChI is InChI=1S/C6H7F2N3O2/c1-12-3-2-4(13-5(7)8)11-6(9)10-3/h2,5H,1H3,(H2,9,10,11). The van der Waals surface area contributed by atoms with Gasteiger partial charge in [0.2, 0.25) is 17.7 Å². The number of rotatable bonds is 3. The van der Waals surface area contributed by atoms with Gasteiger partial charge in [0.1, 0.15) is 0 Å². The molecule has 5 nitrogen and oxygen atoms in total. The Morgan fingerprint density at radius 2 is 2.00 bits per heavy atom. The van der Waals surface area contributed by atoms with Crippen LogP contribution in [-0.2, 0) is 0 Å². The van der Waals surface area contributed by atoms with E-state index in [1.807, 2.05) is 0 Å². The quantitative estimate of drug-likeness (QED) is 0.760. The Labute approximate surface area is 72.5 Å². The summed E-state index contributed by atoms with van der Waals surface area (Å²) in [4.78, 5) is 6.99. The second-order valence-corrected chi connectivity index (χ2v) is 1.99. The highest BCUT2D eigenvalue weighted by Gasteiger charge is 2.08. The molecule has 1 heterocycles. The molecule has 0 atom stereocenters. The van der Waals surface area contributed by atoms with Crippen molar-refractivity contribution in [2.24, 2.45) is 0 Å². The van der Waals surface area contributed by atoms with Crippen molar-refractivity contribution in [1.82, 2.24) is 9.97 Å². The molecule has 0 saturated heterocycles.